The van der Waals surface area contributed by atoms with Crippen LogP contribution in [0.3, 0.4) is 0 Å². The molecule has 0 bridgehead atoms. The van der Waals surface area contributed by atoms with E-state index in [1.54, 1.807) is 44.6 Å². The van der Waals surface area contributed by atoms with Gasteiger partial charge in [-0.15, -0.1) is 0 Å². The minimum atomic E-state index is -0.295. The quantitative estimate of drug-likeness (QED) is 0.346. The molecule has 36 heavy (non-hydrogen) atoms. The Labute approximate surface area is 208 Å². The average molecular weight is 490 g/mol. The van der Waals surface area contributed by atoms with E-state index in [0.717, 1.165) is 11.1 Å². The normalized spacial score (nSPS) is 10.6. The van der Waals surface area contributed by atoms with Gasteiger partial charge in [-0.3, -0.25) is 9.59 Å². The van der Waals surface area contributed by atoms with Crippen LogP contribution >= 0.6 is 0 Å². The summed E-state index contributed by atoms with van der Waals surface area (Å²) in [7, 11) is 3.16. The lowest BCUT2D eigenvalue weighted by Crippen LogP contribution is -2.30. The Morgan fingerprint density at radius 2 is 1.64 bits per heavy atom. The molecule has 0 aliphatic heterocycles. The highest BCUT2D eigenvalue weighted by Gasteiger charge is 2.11. The summed E-state index contributed by atoms with van der Waals surface area (Å²) in [4.78, 5) is 25.0. The molecule has 4 aromatic rings. The van der Waals surface area contributed by atoms with Crippen molar-refractivity contribution in [2.45, 2.75) is 13.3 Å². The van der Waals surface area contributed by atoms with Crippen LogP contribution in [0.5, 0.6) is 28.7 Å². The number of aryl methyl sites for hydroxylation is 1. The summed E-state index contributed by atoms with van der Waals surface area (Å²) in [5, 5.41) is 3.17. The highest BCUT2D eigenvalue weighted by molar-refractivity contribution is 5.80. The van der Waals surface area contributed by atoms with Crippen LogP contribution in [0.1, 0.15) is 11.1 Å². The van der Waals surface area contributed by atoms with Gasteiger partial charge in [-0.2, -0.15) is 0 Å². The molecular weight excluding hydrogens is 462 g/mol. The van der Waals surface area contributed by atoms with Crippen molar-refractivity contribution >= 4 is 16.9 Å². The van der Waals surface area contributed by atoms with Gasteiger partial charge in [0.25, 0.3) is 5.91 Å². The number of methoxy groups -OCH3 is 2. The first-order valence-electron chi connectivity index (χ1n) is 11.4. The van der Waals surface area contributed by atoms with Crippen LogP contribution < -0.4 is 29.7 Å². The van der Waals surface area contributed by atoms with E-state index < -0.39 is 0 Å². The molecule has 0 radical (unpaired) electrons. The summed E-state index contributed by atoms with van der Waals surface area (Å²) in [6.45, 7) is 2.24. The lowest BCUT2D eigenvalue weighted by Gasteiger charge is -2.11. The van der Waals surface area contributed by atoms with Gasteiger partial charge in [0.05, 0.1) is 19.6 Å². The monoisotopic (exact) mass is 489 g/mol. The van der Waals surface area contributed by atoms with Crippen LogP contribution in [0.15, 0.2) is 76.1 Å². The molecule has 0 fully saturated rings. The second-order valence-corrected chi connectivity index (χ2v) is 8.08. The predicted octanol–water partition coefficient (Wildman–Crippen LogP) is 4.65. The van der Waals surface area contributed by atoms with Crippen LogP contribution in [0.4, 0.5) is 0 Å². The number of hydrogen-bond donors (Lipinski definition) is 1. The molecule has 186 valence electrons. The molecule has 0 unspecified atom stereocenters. The molecule has 0 saturated heterocycles. The molecule has 0 saturated carbocycles. The summed E-state index contributed by atoms with van der Waals surface area (Å²) in [6, 6.07) is 17.8. The highest BCUT2D eigenvalue weighted by Crippen LogP contribution is 2.27. The van der Waals surface area contributed by atoms with Crippen molar-refractivity contribution in [2.75, 3.05) is 27.4 Å². The van der Waals surface area contributed by atoms with E-state index in [4.69, 9.17) is 23.4 Å². The van der Waals surface area contributed by atoms with Gasteiger partial charge in [-0.05, 0) is 55.3 Å². The fraction of sp³-hybridized carbons (Fsp3) is 0.214. The molecule has 0 aliphatic carbocycles. The number of carbonyl (C=O) groups is 1. The number of ether oxygens (including phenoxy) is 4. The summed E-state index contributed by atoms with van der Waals surface area (Å²) in [5.41, 5.74) is 2.13. The van der Waals surface area contributed by atoms with E-state index in [0.29, 0.717) is 46.9 Å². The van der Waals surface area contributed by atoms with E-state index in [2.05, 4.69) is 5.32 Å². The number of rotatable bonds is 10. The molecular formula is C28H27NO7. The van der Waals surface area contributed by atoms with Crippen molar-refractivity contribution in [3.8, 4) is 28.7 Å². The zero-order valence-corrected chi connectivity index (χ0v) is 20.3. The maximum absolute atomic E-state index is 12.8. The number of fused-ring (bicyclic) bond motifs is 1. The largest absolute Gasteiger partial charge is 0.493 e. The molecule has 1 amide bonds. The number of nitrogens with one attached hydrogen (secondary N) is 1. The fourth-order valence-corrected chi connectivity index (χ4v) is 3.57. The topological polar surface area (TPSA) is 96.2 Å². The standard InChI is InChI=1S/C28H27NO7/c1-18-4-7-20(8-5-18)36-26-16-35-24-15-21(9-10-22(24)28(26)31)34-17-27(30)29-13-12-19-6-11-23(32-2)25(14-19)33-3/h4-11,14-16H,12-13,17H2,1-3H3,(H,29,30). The van der Waals surface area contributed by atoms with E-state index in [9.17, 15) is 9.59 Å². The molecule has 3 aromatic carbocycles. The average Bonchev–Trinajstić information content (AvgIpc) is 2.90. The Hall–Kier alpha value is -4.46. The SMILES string of the molecule is COc1ccc(CCNC(=O)COc2ccc3c(=O)c(Oc4ccc(C)cc4)coc3c2)cc1OC. The van der Waals surface area contributed by atoms with Gasteiger partial charge < -0.3 is 28.7 Å². The zero-order chi connectivity index (χ0) is 25.5. The van der Waals surface area contributed by atoms with Crippen molar-refractivity contribution in [1.29, 1.82) is 0 Å². The van der Waals surface area contributed by atoms with Crippen molar-refractivity contribution in [3.63, 3.8) is 0 Å². The summed E-state index contributed by atoms with van der Waals surface area (Å²) in [6.07, 6.45) is 1.90. The lowest BCUT2D eigenvalue weighted by atomic mass is 10.1. The summed E-state index contributed by atoms with van der Waals surface area (Å²) in [5.74, 6) is 2.08. The Morgan fingerprint density at radius 3 is 2.39 bits per heavy atom. The second-order valence-electron chi connectivity index (χ2n) is 8.08. The van der Waals surface area contributed by atoms with Gasteiger partial charge in [-0.1, -0.05) is 23.8 Å². The van der Waals surface area contributed by atoms with Gasteiger partial charge in [0, 0.05) is 12.6 Å². The van der Waals surface area contributed by atoms with E-state index in [1.807, 2.05) is 37.3 Å². The van der Waals surface area contributed by atoms with Gasteiger partial charge >= 0.3 is 0 Å². The zero-order valence-electron chi connectivity index (χ0n) is 20.3. The molecule has 0 aliphatic rings. The first-order valence-corrected chi connectivity index (χ1v) is 11.4. The van der Waals surface area contributed by atoms with Crippen LogP contribution in [0, 0.1) is 6.92 Å². The van der Waals surface area contributed by atoms with E-state index in [-0.39, 0.29) is 23.7 Å². The molecule has 1 aromatic heterocycles. The Bertz CT molecular complexity index is 1410. The lowest BCUT2D eigenvalue weighted by molar-refractivity contribution is -0.123. The maximum atomic E-state index is 12.8. The highest BCUT2D eigenvalue weighted by atomic mass is 16.5. The third-order valence-corrected chi connectivity index (χ3v) is 5.52. The van der Waals surface area contributed by atoms with Crippen LogP contribution in [0.2, 0.25) is 0 Å². The van der Waals surface area contributed by atoms with Crippen molar-refractivity contribution in [2.24, 2.45) is 0 Å². The first-order chi connectivity index (χ1) is 17.5. The number of carbonyl (C=O) groups excluding carboxylic acids is 1. The van der Waals surface area contributed by atoms with Crippen molar-refractivity contribution in [3.05, 3.63) is 88.3 Å². The first kappa shape index (κ1) is 24.7. The summed E-state index contributed by atoms with van der Waals surface area (Å²) < 4.78 is 27.4. The van der Waals surface area contributed by atoms with Gasteiger partial charge in [0.2, 0.25) is 11.2 Å². The fourth-order valence-electron chi connectivity index (χ4n) is 3.57. The minimum Gasteiger partial charge on any atom is -0.493 e. The molecule has 1 heterocycles. The van der Waals surface area contributed by atoms with Crippen LogP contribution in [-0.4, -0.2) is 33.3 Å². The van der Waals surface area contributed by atoms with Gasteiger partial charge in [0.1, 0.15) is 23.3 Å². The molecule has 0 atom stereocenters. The Morgan fingerprint density at radius 1 is 0.889 bits per heavy atom. The molecule has 4 rings (SSSR count). The smallest absolute Gasteiger partial charge is 0.257 e. The van der Waals surface area contributed by atoms with Crippen molar-refractivity contribution in [1.82, 2.24) is 5.32 Å². The predicted molar refractivity (Wildman–Crippen MR) is 135 cm³/mol. The van der Waals surface area contributed by atoms with E-state index in [1.165, 1.54) is 6.26 Å². The number of benzene rings is 3. The molecule has 8 heteroatoms. The number of hydrogen-bond acceptors (Lipinski definition) is 7. The third-order valence-electron chi connectivity index (χ3n) is 5.52. The second kappa shape index (κ2) is 11.3. The molecule has 1 N–H and O–H groups in total. The van der Waals surface area contributed by atoms with E-state index >= 15 is 0 Å². The number of amides is 1. The minimum absolute atomic E-state index is 0.0916. The Kier molecular flexibility index (Phi) is 7.75. The third kappa shape index (κ3) is 5.96. The van der Waals surface area contributed by atoms with Crippen LogP contribution in [0.25, 0.3) is 11.0 Å². The maximum Gasteiger partial charge on any atom is 0.257 e. The van der Waals surface area contributed by atoms with Gasteiger partial charge in [0.15, 0.2) is 18.1 Å². The molecule has 8 nitrogen and oxygen atoms in total. The van der Waals surface area contributed by atoms with Crippen molar-refractivity contribution < 1.29 is 28.2 Å². The Balaban J connectivity index is 1.31. The van der Waals surface area contributed by atoms with Crippen LogP contribution in [-0.2, 0) is 11.2 Å². The van der Waals surface area contributed by atoms with Gasteiger partial charge in [-0.25, -0.2) is 0 Å². The molecule has 0 spiro atoms. The summed E-state index contributed by atoms with van der Waals surface area (Å²) >= 11 is 0.